The molecule has 3 rings (SSSR count). The van der Waals surface area contributed by atoms with Gasteiger partial charge in [-0.15, -0.1) is 0 Å². The summed E-state index contributed by atoms with van der Waals surface area (Å²) in [6, 6.07) is 15.8. The largest absolute Gasteiger partial charge is 0.354 e. The summed E-state index contributed by atoms with van der Waals surface area (Å²) < 4.78 is 0. The number of nitrogens with zero attached hydrogens (tertiary/aromatic N) is 2. The fourth-order valence-electron chi connectivity index (χ4n) is 3.43. The van der Waals surface area contributed by atoms with Crippen molar-refractivity contribution in [1.82, 2.24) is 16.0 Å². The van der Waals surface area contributed by atoms with Crippen LogP contribution in [-0.2, 0) is 9.59 Å². The summed E-state index contributed by atoms with van der Waals surface area (Å²) in [4.78, 5) is 44.6. The predicted molar refractivity (Wildman–Crippen MR) is 138 cm³/mol. The number of hydrogen-bond donors (Lipinski definition) is 3. The molecule has 1 heterocycles. The second kappa shape index (κ2) is 12.5. The SMILES string of the molecule is Cc1ccc(C(=O)NC[C@H](NC(=O)C2=CN(c3ccccc3)CC=N2)C(=O)NCCC(C)C)cc1. The first kappa shape index (κ1) is 25.7. The van der Waals surface area contributed by atoms with Gasteiger partial charge in [0.1, 0.15) is 11.7 Å². The minimum atomic E-state index is -0.952. The van der Waals surface area contributed by atoms with E-state index in [1.807, 2.05) is 54.3 Å². The Balaban J connectivity index is 1.68. The normalized spacial score (nSPS) is 13.7. The Labute approximate surface area is 206 Å². The van der Waals surface area contributed by atoms with E-state index in [0.29, 0.717) is 24.6 Å². The van der Waals surface area contributed by atoms with Crippen molar-refractivity contribution < 1.29 is 14.4 Å². The molecule has 35 heavy (non-hydrogen) atoms. The van der Waals surface area contributed by atoms with Gasteiger partial charge in [-0.2, -0.15) is 0 Å². The Morgan fingerprint density at radius 1 is 0.971 bits per heavy atom. The number of rotatable bonds is 10. The number of nitrogens with one attached hydrogen (secondary N) is 3. The second-order valence-electron chi connectivity index (χ2n) is 8.89. The van der Waals surface area contributed by atoms with Crippen LogP contribution in [-0.4, -0.2) is 49.6 Å². The van der Waals surface area contributed by atoms with Crippen LogP contribution in [0.3, 0.4) is 0 Å². The molecule has 1 aliphatic rings. The number of carbonyl (C=O) groups excluding carboxylic acids is 3. The molecule has 2 aromatic rings. The summed E-state index contributed by atoms with van der Waals surface area (Å²) in [6.45, 7) is 7.05. The van der Waals surface area contributed by atoms with Crippen LogP contribution in [0.2, 0.25) is 0 Å². The van der Waals surface area contributed by atoms with E-state index in [2.05, 4.69) is 34.8 Å². The van der Waals surface area contributed by atoms with Gasteiger partial charge in [0.2, 0.25) is 5.91 Å². The van der Waals surface area contributed by atoms with Crippen LogP contribution in [0, 0.1) is 12.8 Å². The van der Waals surface area contributed by atoms with Crippen molar-refractivity contribution in [3.63, 3.8) is 0 Å². The molecule has 2 aromatic carbocycles. The summed E-state index contributed by atoms with van der Waals surface area (Å²) in [6.07, 6.45) is 4.12. The maximum Gasteiger partial charge on any atom is 0.272 e. The highest BCUT2D eigenvalue weighted by Crippen LogP contribution is 2.17. The van der Waals surface area contributed by atoms with Gasteiger partial charge in [-0.1, -0.05) is 49.7 Å². The van der Waals surface area contributed by atoms with Crippen molar-refractivity contribution in [3.8, 4) is 0 Å². The van der Waals surface area contributed by atoms with Crippen LogP contribution < -0.4 is 20.9 Å². The first-order valence-electron chi connectivity index (χ1n) is 11.8. The zero-order chi connectivity index (χ0) is 25.2. The molecule has 8 nitrogen and oxygen atoms in total. The number of para-hydroxylation sites is 1. The first-order valence-corrected chi connectivity index (χ1v) is 11.8. The van der Waals surface area contributed by atoms with Crippen LogP contribution in [0.25, 0.3) is 0 Å². The van der Waals surface area contributed by atoms with Gasteiger partial charge >= 0.3 is 0 Å². The summed E-state index contributed by atoms with van der Waals surface area (Å²) in [5, 5.41) is 8.35. The minimum Gasteiger partial charge on any atom is -0.354 e. The molecule has 0 fully saturated rings. The van der Waals surface area contributed by atoms with Crippen molar-refractivity contribution in [2.45, 2.75) is 33.2 Å². The lowest BCUT2D eigenvalue weighted by molar-refractivity contribution is -0.127. The maximum atomic E-state index is 13.0. The van der Waals surface area contributed by atoms with Gasteiger partial charge in [-0.05, 0) is 43.5 Å². The number of hydrogen-bond acceptors (Lipinski definition) is 5. The Hall–Kier alpha value is -3.94. The second-order valence-corrected chi connectivity index (χ2v) is 8.89. The molecule has 3 amide bonds. The van der Waals surface area contributed by atoms with Crippen LogP contribution in [0.1, 0.15) is 36.2 Å². The summed E-state index contributed by atoms with van der Waals surface area (Å²) in [7, 11) is 0. The van der Waals surface area contributed by atoms with Crippen molar-refractivity contribution in [2.24, 2.45) is 10.9 Å². The number of aryl methyl sites for hydroxylation is 1. The van der Waals surface area contributed by atoms with E-state index in [0.717, 1.165) is 17.7 Å². The fraction of sp³-hybridized carbons (Fsp3) is 0.333. The Morgan fingerprint density at radius 2 is 1.69 bits per heavy atom. The smallest absolute Gasteiger partial charge is 0.272 e. The quantitative estimate of drug-likeness (QED) is 0.492. The van der Waals surface area contributed by atoms with Gasteiger partial charge in [0.15, 0.2) is 0 Å². The molecule has 0 aromatic heterocycles. The van der Waals surface area contributed by atoms with E-state index in [1.54, 1.807) is 24.5 Å². The lowest BCUT2D eigenvalue weighted by atomic mass is 10.1. The van der Waals surface area contributed by atoms with E-state index in [1.165, 1.54) is 0 Å². The summed E-state index contributed by atoms with van der Waals surface area (Å²) >= 11 is 0. The summed E-state index contributed by atoms with van der Waals surface area (Å²) in [5.74, 6) is -0.737. The predicted octanol–water partition coefficient (Wildman–Crippen LogP) is 2.80. The van der Waals surface area contributed by atoms with Gasteiger partial charge in [-0.3, -0.25) is 19.4 Å². The summed E-state index contributed by atoms with van der Waals surface area (Å²) in [5.41, 5.74) is 2.64. The lowest BCUT2D eigenvalue weighted by Crippen LogP contribution is -2.53. The molecule has 0 aliphatic carbocycles. The molecule has 1 atom stereocenters. The number of benzene rings is 2. The minimum absolute atomic E-state index is 0.0502. The molecule has 0 radical (unpaired) electrons. The van der Waals surface area contributed by atoms with Crippen molar-refractivity contribution in [1.29, 1.82) is 0 Å². The maximum absolute atomic E-state index is 13.0. The van der Waals surface area contributed by atoms with Crippen LogP contribution >= 0.6 is 0 Å². The van der Waals surface area contributed by atoms with Crippen LogP contribution in [0.5, 0.6) is 0 Å². The average molecular weight is 476 g/mol. The van der Waals surface area contributed by atoms with Crippen molar-refractivity contribution in [2.75, 3.05) is 24.5 Å². The standard InChI is InChI=1S/C27H33N5O3/c1-19(2)13-14-29-26(34)23(17-30-25(33)21-11-9-20(3)10-12-21)31-27(35)24-18-32(16-15-28-24)22-7-5-4-6-8-22/h4-12,15,18-19,23H,13-14,16-17H2,1-3H3,(H,29,34)(H,30,33)(H,31,35)/t23-/m0/s1. The molecular weight excluding hydrogens is 442 g/mol. The number of anilines is 1. The highest BCUT2D eigenvalue weighted by Gasteiger charge is 2.24. The van der Waals surface area contributed by atoms with E-state index in [-0.39, 0.29) is 24.1 Å². The monoisotopic (exact) mass is 475 g/mol. The lowest BCUT2D eigenvalue weighted by Gasteiger charge is -2.24. The highest BCUT2D eigenvalue weighted by atomic mass is 16.2. The molecule has 0 saturated carbocycles. The number of aliphatic imine (C=N–C) groups is 1. The zero-order valence-electron chi connectivity index (χ0n) is 20.5. The Kier molecular flexibility index (Phi) is 9.17. The van der Waals surface area contributed by atoms with Crippen molar-refractivity contribution in [3.05, 3.63) is 77.6 Å². The fourth-order valence-corrected chi connectivity index (χ4v) is 3.43. The molecule has 0 saturated heterocycles. The van der Waals surface area contributed by atoms with Gasteiger partial charge in [-0.25, -0.2) is 0 Å². The molecule has 0 bridgehead atoms. The van der Waals surface area contributed by atoms with Crippen LogP contribution in [0.4, 0.5) is 5.69 Å². The first-order chi connectivity index (χ1) is 16.8. The molecule has 1 aliphatic heterocycles. The van der Waals surface area contributed by atoms with Gasteiger partial charge in [0.05, 0.1) is 6.54 Å². The third-order valence-corrected chi connectivity index (χ3v) is 5.53. The topological polar surface area (TPSA) is 103 Å². The molecule has 0 spiro atoms. The van der Waals surface area contributed by atoms with E-state index < -0.39 is 11.9 Å². The zero-order valence-corrected chi connectivity index (χ0v) is 20.5. The average Bonchev–Trinajstić information content (AvgIpc) is 2.87. The third-order valence-electron chi connectivity index (χ3n) is 5.53. The van der Waals surface area contributed by atoms with Gasteiger partial charge < -0.3 is 20.9 Å². The van der Waals surface area contributed by atoms with E-state index in [9.17, 15) is 14.4 Å². The Morgan fingerprint density at radius 3 is 2.37 bits per heavy atom. The van der Waals surface area contributed by atoms with Gasteiger partial charge in [0, 0.05) is 36.8 Å². The third kappa shape index (κ3) is 7.81. The number of carbonyl (C=O) groups is 3. The molecular formula is C27H33N5O3. The molecule has 8 heteroatoms. The highest BCUT2D eigenvalue weighted by molar-refractivity contribution is 5.99. The van der Waals surface area contributed by atoms with Crippen molar-refractivity contribution >= 4 is 29.6 Å². The number of amides is 3. The molecule has 184 valence electrons. The van der Waals surface area contributed by atoms with Gasteiger partial charge in [0.25, 0.3) is 11.8 Å². The molecule has 0 unspecified atom stereocenters. The Bertz CT molecular complexity index is 1080. The van der Waals surface area contributed by atoms with E-state index >= 15 is 0 Å². The molecule has 3 N–H and O–H groups in total. The van der Waals surface area contributed by atoms with E-state index in [4.69, 9.17) is 0 Å². The van der Waals surface area contributed by atoms with Crippen LogP contribution in [0.15, 0.2) is 71.5 Å².